The van der Waals surface area contributed by atoms with E-state index in [1.54, 1.807) is 7.11 Å². The number of methoxy groups -OCH3 is 2. The van der Waals surface area contributed by atoms with Crippen molar-refractivity contribution in [1.82, 2.24) is 0 Å². The second-order valence-electron chi connectivity index (χ2n) is 8.36. The van der Waals surface area contributed by atoms with E-state index in [9.17, 15) is 4.79 Å². The number of aryl methyl sites for hydroxylation is 1. The second-order valence-corrected chi connectivity index (χ2v) is 8.36. The fourth-order valence-corrected chi connectivity index (χ4v) is 5.24. The molecule has 0 heterocycles. The Kier molecular flexibility index (Phi) is 5.18. The summed E-state index contributed by atoms with van der Waals surface area (Å²) in [5.41, 5.74) is 3.32. The van der Waals surface area contributed by atoms with Crippen LogP contribution < -0.4 is 4.74 Å². The molecule has 26 heavy (non-hydrogen) atoms. The summed E-state index contributed by atoms with van der Waals surface area (Å²) in [6.07, 6.45) is 5.07. The van der Waals surface area contributed by atoms with Crippen LogP contribution in [0.25, 0.3) is 0 Å². The lowest BCUT2D eigenvalue weighted by Crippen LogP contribution is -2.51. The largest absolute Gasteiger partial charge is 0.497 e. The molecule has 142 valence electrons. The van der Waals surface area contributed by atoms with E-state index in [-0.39, 0.29) is 11.9 Å². The molecule has 0 aromatic heterocycles. The highest BCUT2D eigenvalue weighted by Gasteiger charge is 2.54. The molecule has 0 amide bonds. The second kappa shape index (κ2) is 7.09. The fraction of sp³-hybridized carbons (Fsp3) is 0.609. The summed E-state index contributed by atoms with van der Waals surface area (Å²) >= 11 is 0. The topological polar surface area (TPSA) is 35.5 Å². The smallest absolute Gasteiger partial charge is 0.316 e. The number of ether oxygens (including phenoxy) is 2. The Hall–Kier alpha value is -1.77. The molecule has 4 atom stereocenters. The van der Waals surface area contributed by atoms with E-state index in [1.807, 2.05) is 6.07 Å². The molecule has 0 unspecified atom stereocenters. The van der Waals surface area contributed by atoms with E-state index < -0.39 is 5.41 Å². The maximum atomic E-state index is 13.1. The molecule has 0 spiro atoms. The third kappa shape index (κ3) is 2.76. The summed E-state index contributed by atoms with van der Waals surface area (Å²) in [6.45, 7) is 9.19. The Balaban J connectivity index is 2.13. The van der Waals surface area contributed by atoms with Gasteiger partial charge in [0.25, 0.3) is 0 Å². The van der Waals surface area contributed by atoms with E-state index >= 15 is 0 Å². The van der Waals surface area contributed by atoms with Crippen LogP contribution in [-0.4, -0.2) is 20.2 Å². The Morgan fingerprint density at radius 2 is 1.96 bits per heavy atom. The van der Waals surface area contributed by atoms with Crippen LogP contribution >= 0.6 is 0 Å². The Bertz CT molecular complexity index is 718. The van der Waals surface area contributed by atoms with Gasteiger partial charge in [-0.05, 0) is 66.2 Å². The van der Waals surface area contributed by atoms with Gasteiger partial charge in [0.2, 0.25) is 0 Å². The van der Waals surface area contributed by atoms with Crippen LogP contribution in [0.2, 0.25) is 0 Å². The van der Waals surface area contributed by atoms with Crippen LogP contribution in [0.1, 0.15) is 51.7 Å². The summed E-state index contributed by atoms with van der Waals surface area (Å²) < 4.78 is 10.8. The molecule has 1 aromatic carbocycles. The molecule has 0 radical (unpaired) electrons. The number of hydrogen-bond donors (Lipinski definition) is 0. The lowest BCUT2D eigenvalue weighted by Gasteiger charge is -2.50. The SMILES string of the molecule is COC(=O)[C@@]12CC=C([C@@H](C)C(C)C)[C@H](C)[C@@H]1CCc1cc(OC)ccc12. The molecular formula is C23H32O3. The zero-order valence-corrected chi connectivity index (χ0v) is 17.0. The van der Waals surface area contributed by atoms with Gasteiger partial charge in [-0.2, -0.15) is 0 Å². The average Bonchev–Trinajstić information content (AvgIpc) is 2.66. The lowest BCUT2D eigenvalue weighted by atomic mass is 9.53. The van der Waals surface area contributed by atoms with Crippen molar-refractivity contribution >= 4 is 5.97 Å². The molecule has 0 N–H and O–H groups in total. The predicted octanol–water partition coefficient (Wildman–Crippen LogP) is 4.93. The molecular weight excluding hydrogens is 324 g/mol. The highest BCUT2D eigenvalue weighted by molar-refractivity contribution is 5.85. The van der Waals surface area contributed by atoms with E-state index in [1.165, 1.54) is 18.2 Å². The van der Waals surface area contributed by atoms with E-state index in [4.69, 9.17) is 9.47 Å². The maximum absolute atomic E-state index is 13.1. The lowest BCUT2D eigenvalue weighted by molar-refractivity contribution is -0.152. The number of fused-ring (bicyclic) bond motifs is 3. The molecule has 3 rings (SSSR count). The summed E-state index contributed by atoms with van der Waals surface area (Å²) in [7, 11) is 3.21. The number of hydrogen-bond acceptors (Lipinski definition) is 3. The fourth-order valence-electron chi connectivity index (χ4n) is 5.24. The van der Waals surface area contributed by atoms with Gasteiger partial charge in [-0.1, -0.05) is 45.4 Å². The molecule has 2 aliphatic rings. The van der Waals surface area contributed by atoms with Gasteiger partial charge < -0.3 is 9.47 Å². The van der Waals surface area contributed by atoms with Gasteiger partial charge in [-0.25, -0.2) is 0 Å². The van der Waals surface area contributed by atoms with Gasteiger partial charge in [0.15, 0.2) is 0 Å². The molecule has 0 aliphatic heterocycles. The van der Waals surface area contributed by atoms with Crippen LogP contribution in [0.15, 0.2) is 29.8 Å². The van der Waals surface area contributed by atoms with Crippen LogP contribution in [0.4, 0.5) is 0 Å². The first-order valence-corrected chi connectivity index (χ1v) is 9.82. The van der Waals surface area contributed by atoms with Gasteiger partial charge in [0.05, 0.1) is 19.6 Å². The molecule has 1 aromatic rings. The number of carbonyl (C=O) groups excluding carboxylic acids is 1. The standard InChI is InChI=1S/C23H32O3/c1-14(2)15(3)19-11-12-23(22(24)26-6)20(16(19)4)9-7-17-13-18(25-5)8-10-21(17)23/h8,10-11,13-16,20H,7,9,12H2,1-6H3/t15-,16-,20-,23-/m0/s1. The van der Waals surface area contributed by atoms with Crippen molar-refractivity contribution in [3.8, 4) is 5.75 Å². The van der Waals surface area contributed by atoms with Crippen molar-refractivity contribution in [3.05, 3.63) is 41.0 Å². The number of benzene rings is 1. The van der Waals surface area contributed by atoms with E-state index in [0.717, 1.165) is 30.6 Å². The van der Waals surface area contributed by atoms with Gasteiger partial charge in [0, 0.05) is 0 Å². The highest BCUT2D eigenvalue weighted by atomic mass is 16.5. The highest BCUT2D eigenvalue weighted by Crippen LogP contribution is 2.54. The molecule has 3 nitrogen and oxygen atoms in total. The van der Waals surface area contributed by atoms with Gasteiger partial charge >= 0.3 is 5.97 Å². The summed E-state index contributed by atoms with van der Waals surface area (Å²) in [4.78, 5) is 13.1. The number of esters is 1. The molecule has 0 saturated heterocycles. The maximum Gasteiger partial charge on any atom is 0.316 e. The normalized spacial score (nSPS) is 28.7. The van der Waals surface area contributed by atoms with Gasteiger partial charge in [0.1, 0.15) is 5.75 Å². The first kappa shape index (κ1) is 19.0. The third-order valence-electron chi connectivity index (χ3n) is 7.02. The number of carbonyl (C=O) groups is 1. The zero-order valence-electron chi connectivity index (χ0n) is 17.0. The zero-order chi connectivity index (χ0) is 19.1. The Labute approximate surface area is 157 Å². The number of rotatable bonds is 4. The predicted molar refractivity (Wildman–Crippen MR) is 104 cm³/mol. The van der Waals surface area contributed by atoms with Crippen molar-refractivity contribution in [2.75, 3.05) is 14.2 Å². The Morgan fingerprint density at radius 1 is 1.23 bits per heavy atom. The first-order valence-electron chi connectivity index (χ1n) is 9.82. The van der Waals surface area contributed by atoms with Crippen molar-refractivity contribution in [3.63, 3.8) is 0 Å². The van der Waals surface area contributed by atoms with Crippen LogP contribution in [0, 0.1) is 23.7 Å². The van der Waals surface area contributed by atoms with E-state index in [0.29, 0.717) is 17.8 Å². The molecule has 0 fully saturated rings. The third-order valence-corrected chi connectivity index (χ3v) is 7.02. The minimum absolute atomic E-state index is 0.0898. The monoisotopic (exact) mass is 356 g/mol. The van der Waals surface area contributed by atoms with Crippen LogP contribution in [0.5, 0.6) is 5.75 Å². The van der Waals surface area contributed by atoms with Crippen LogP contribution in [0.3, 0.4) is 0 Å². The van der Waals surface area contributed by atoms with Crippen molar-refractivity contribution in [2.24, 2.45) is 23.7 Å². The minimum atomic E-state index is -0.561. The molecule has 3 heteroatoms. The molecule has 0 saturated carbocycles. The van der Waals surface area contributed by atoms with Gasteiger partial charge in [-0.3, -0.25) is 4.79 Å². The number of allylic oxidation sites excluding steroid dienone is 2. The summed E-state index contributed by atoms with van der Waals surface area (Å²) in [5.74, 6) is 2.59. The Morgan fingerprint density at radius 3 is 2.58 bits per heavy atom. The van der Waals surface area contributed by atoms with Crippen LogP contribution in [-0.2, 0) is 21.4 Å². The summed E-state index contributed by atoms with van der Waals surface area (Å²) in [5, 5.41) is 0. The van der Waals surface area contributed by atoms with Crippen molar-refractivity contribution in [2.45, 2.75) is 52.4 Å². The summed E-state index contributed by atoms with van der Waals surface area (Å²) in [6, 6.07) is 6.16. The quantitative estimate of drug-likeness (QED) is 0.567. The molecule has 2 aliphatic carbocycles. The van der Waals surface area contributed by atoms with E-state index in [2.05, 4.69) is 45.9 Å². The van der Waals surface area contributed by atoms with Gasteiger partial charge in [-0.15, -0.1) is 0 Å². The molecule has 0 bridgehead atoms. The first-order chi connectivity index (χ1) is 12.4. The van der Waals surface area contributed by atoms with Crippen molar-refractivity contribution < 1.29 is 14.3 Å². The minimum Gasteiger partial charge on any atom is -0.497 e. The average molecular weight is 357 g/mol. The van der Waals surface area contributed by atoms with Crippen molar-refractivity contribution in [1.29, 1.82) is 0 Å².